The maximum atomic E-state index is 13.8. The third kappa shape index (κ3) is 5.00. The average molecular weight is 319 g/mol. The number of halogens is 4. The van der Waals surface area contributed by atoms with Gasteiger partial charge in [0.15, 0.2) is 0 Å². The highest BCUT2D eigenvalue weighted by Gasteiger charge is 2.35. The lowest BCUT2D eigenvalue weighted by Gasteiger charge is -2.16. The number of nitrogens with one attached hydrogen (secondary N) is 1. The van der Waals surface area contributed by atoms with Gasteiger partial charge in [-0.2, -0.15) is 13.2 Å². The first kappa shape index (κ1) is 18.5. The summed E-state index contributed by atoms with van der Waals surface area (Å²) >= 11 is 0. The Morgan fingerprint density at radius 1 is 1.27 bits per heavy atom. The zero-order chi connectivity index (χ0) is 16.8. The molecule has 0 aliphatic rings. The van der Waals surface area contributed by atoms with Gasteiger partial charge in [0.05, 0.1) is 11.1 Å². The Labute approximate surface area is 127 Å². The highest BCUT2D eigenvalue weighted by molar-refractivity contribution is 5.94. The molecule has 1 unspecified atom stereocenters. The van der Waals surface area contributed by atoms with Crippen LogP contribution in [0, 0.1) is 11.7 Å². The Balaban J connectivity index is 2.78. The number of amides is 1. The van der Waals surface area contributed by atoms with Crippen LogP contribution in [0.25, 0.3) is 0 Å². The van der Waals surface area contributed by atoms with E-state index in [1.165, 1.54) is 0 Å². The molecule has 1 aromatic rings. The molecule has 124 valence electrons. The van der Waals surface area contributed by atoms with E-state index in [1.54, 1.807) is 0 Å². The van der Waals surface area contributed by atoms with Gasteiger partial charge in [-0.15, -0.1) is 0 Å². The van der Waals surface area contributed by atoms with Crippen LogP contribution in [0.2, 0.25) is 0 Å². The van der Waals surface area contributed by atoms with E-state index in [2.05, 4.69) is 12.2 Å². The Kier molecular flexibility index (Phi) is 6.84. The Hall–Kier alpha value is -1.59. The van der Waals surface area contributed by atoms with Gasteiger partial charge in [0.1, 0.15) is 5.82 Å². The van der Waals surface area contributed by atoms with Crippen LogP contribution in [0.3, 0.4) is 0 Å². The smallest absolute Gasteiger partial charge is 0.352 e. The highest BCUT2D eigenvalue weighted by atomic mass is 19.4. The lowest BCUT2D eigenvalue weighted by Crippen LogP contribution is -2.30. The summed E-state index contributed by atoms with van der Waals surface area (Å²) in [6.07, 6.45) is -0.976. The van der Waals surface area contributed by atoms with Crippen molar-refractivity contribution in [3.05, 3.63) is 35.1 Å². The van der Waals surface area contributed by atoms with Crippen molar-refractivity contribution in [1.29, 1.82) is 0 Å². The maximum Gasteiger partial charge on any atom is 0.419 e. The molecule has 22 heavy (non-hydrogen) atoms. The Morgan fingerprint density at radius 2 is 1.95 bits per heavy atom. The van der Waals surface area contributed by atoms with Crippen LogP contribution in [-0.4, -0.2) is 12.5 Å². The van der Waals surface area contributed by atoms with E-state index in [0.29, 0.717) is 12.6 Å². The van der Waals surface area contributed by atoms with Crippen molar-refractivity contribution < 1.29 is 22.4 Å². The fourth-order valence-corrected chi connectivity index (χ4v) is 2.20. The van der Waals surface area contributed by atoms with Gasteiger partial charge in [-0.25, -0.2) is 4.39 Å². The van der Waals surface area contributed by atoms with Crippen molar-refractivity contribution >= 4 is 5.91 Å². The summed E-state index contributed by atoms with van der Waals surface area (Å²) in [4.78, 5) is 11.9. The third-order valence-corrected chi connectivity index (χ3v) is 3.64. The first-order chi connectivity index (χ1) is 10.3. The molecule has 0 saturated heterocycles. The molecule has 1 atom stereocenters. The quantitative estimate of drug-likeness (QED) is 0.719. The van der Waals surface area contributed by atoms with E-state index >= 15 is 0 Å². The summed E-state index contributed by atoms with van der Waals surface area (Å²) in [6.45, 7) is 4.38. The molecular weight excluding hydrogens is 298 g/mol. The number of unbranched alkanes of at least 4 members (excludes halogenated alkanes) is 1. The number of alkyl halides is 3. The standard InChI is InChI=1S/C16H21F4NO/c1-3-5-7-11(4-2)10-21-15(22)12-8-6-9-13(14(12)17)16(18,19)20/h6,8-9,11H,3-5,7,10H2,1-2H3,(H,21,22). The Bertz CT molecular complexity index is 499. The summed E-state index contributed by atoms with van der Waals surface area (Å²) in [6, 6.07) is 2.73. The van der Waals surface area contributed by atoms with Crippen molar-refractivity contribution in [2.24, 2.45) is 5.92 Å². The second kappa shape index (κ2) is 8.15. The van der Waals surface area contributed by atoms with E-state index in [4.69, 9.17) is 0 Å². The molecule has 0 aromatic heterocycles. The van der Waals surface area contributed by atoms with Gasteiger partial charge >= 0.3 is 6.18 Å². The lowest BCUT2D eigenvalue weighted by atomic mass is 9.99. The number of hydrogen-bond acceptors (Lipinski definition) is 1. The molecule has 0 aliphatic heterocycles. The summed E-state index contributed by atoms with van der Waals surface area (Å²) in [5.74, 6) is -2.08. The molecule has 0 heterocycles. The summed E-state index contributed by atoms with van der Waals surface area (Å²) in [5.41, 5.74) is -1.99. The zero-order valence-corrected chi connectivity index (χ0v) is 12.8. The van der Waals surface area contributed by atoms with Crippen LogP contribution >= 0.6 is 0 Å². The summed E-state index contributed by atoms with van der Waals surface area (Å²) in [7, 11) is 0. The van der Waals surface area contributed by atoms with E-state index in [9.17, 15) is 22.4 Å². The van der Waals surface area contributed by atoms with E-state index in [0.717, 1.165) is 37.8 Å². The number of carbonyl (C=O) groups is 1. The van der Waals surface area contributed by atoms with Gasteiger partial charge in [0.25, 0.3) is 5.91 Å². The second-order valence-corrected chi connectivity index (χ2v) is 5.29. The molecule has 0 spiro atoms. The molecule has 1 aromatic carbocycles. The molecule has 0 saturated carbocycles. The molecular formula is C16H21F4NO. The molecule has 1 amide bonds. The lowest BCUT2D eigenvalue weighted by molar-refractivity contribution is -0.140. The monoisotopic (exact) mass is 319 g/mol. The first-order valence-corrected chi connectivity index (χ1v) is 7.45. The summed E-state index contributed by atoms with van der Waals surface area (Å²) < 4.78 is 51.7. The van der Waals surface area contributed by atoms with Crippen LogP contribution < -0.4 is 5.32 Å². The molecule has 0 bridgehead atoms. The molecule has 0 aliphatic carbocycles. The topological polar surface area (TPSA) is 29.1 Å². The normalized spacial score (nSPS) is 13.0. The van der Waals surface area contributed by atoms with Crippen molar-refractivity contribution in [3.63, 3.8) is 0 Å². The third-order valence-electron chi connectivity index (χ3n) is 3.64. The van der Waals surface area contributed by atoms with E-state index in [-0.39, 0.29) is 5.92 Å². The highest BCUT2D eigenvalue weighted by Crippen LogP contribution is 2.32. The first-order valence-electron chi connectivity index (χ1n) is 7.45. The number of rotatable bonds is 7. The van der Waals surface area contributed by atoms with Gasteiger partial charge in [-0.3, -0.25) is 4.79 Å². The fourth-order valence-electron chi connectivity index (χ4n) is 2.20. The minimum absolute atomic E-state index is 0.248. The zero-order valence-electron chi connectivity index (χ0n) is 12.8. The summed E-state index contributed by atoms with van der Waals surface area (Å²) in [5, 5.41) is 2.53. The molecule has 1 rings (SSSR count). The van der Waals surface area contributed by atoms with Gasteiger partial charge < -0.3 is 5.32 Å². The SMILES string of the molecule is CCCCC(CC)CNC(=O)c1cccc(C(F)(F)F)c1F. The van der Waals surface area contributed by atoms with Gasteiger partial charge in [-0.05, 0) is 24.5 Å². The molecule has 2 nitrogen and oxygen atoms in total. The van der Waals surface area contributed by atoms with E-state index < -0.39 is 29.0 Å². The van der Waals surface area contributed by atoms with Gasteiger partial charge in [0.2, 0.25) is 0 Å². The maximum absolute atomic E-state index is 13.8. The minimum atomic E-state index is -4.81. The van der Waals surface area contributed by atoms with Crippen molar-refractivity contribution in [2.45, 2.75) is 45.7 Å². The van der Waals surface area contributed by atoms with Crippen LogP contribution in [0.15, 0.2) is 18.2 Å². The van der Waals surface area contributed by atoms with Crippen LogP contribution in [0.4, 0.5) is 17.6 Å². The average Bonchev–Trinajstić information content (AvgIpc) is 2.46. The van der Waals surface area contributed by atoms with Gasteiger partial charge in [0, 0.05) is 6.54 Å². The molecule has 0 fully saturated rings. The predicted octanol–water partition coefficient (Wildman–Crippen LogP) is 4.79. The molecule has 1 N–H and O–H groups in total. The number of hydrogen-bond donors (Lipinski definition) is 1. The van der Waals surface area contributed by atoms with Gasteiger partial charge in [-0.1, -0.05) is 39.2 Å². The van der Waals surface area contributed by atoms with Crippen molar-refractivity contribution in [2.75, 3.05) is 6.54 Å². The predicted molar refractivity (Wildman–Crippen MR) is 77.0 cm³/mol. The molecule has 0 radical (unpaired) electrons. The van der Waals surface area contributed by atoms with Crippen LogP contribution in [-0.2, 0) is 6.18 Å². The second-order valence-electron chi connectivity index (χ2n) is 5.29. The largest absolute Gasteiger partial charge is 0.419 e. The van der Waals surface area contributed by atoms with Crippen LogP contribution in [0.5, 0.6) is 0 Å². The fraction of sp³-hybridized carbons (Fsp3) is 0.562. The van der Waals surface area contributed by atoms with E-state index in [1.807, 2.05) is 6.92 Å². The minimum Gasteiger partial charge on any atom is -0.352 e. The van der Waals surface area contributed by atoms with Crippen molar-refractivity contribution in [3.8, 4) is 0 Å². The number of benzene rings is 1. The van der Waals surface area contributed by atoms with Crippen molar-refractivity contribution in [1.82, 2.24) is 5.32 Å². The molecule has 6 heteroatoms. The number of carbonyl (C=O) groups excluding carboxylic acids is 1. The Morgan fingerprint density at radius 3 is 2.50 bits per heavy atom. The van der Waals surface area contributed by atoms with Crippen LogP contribution in [0.1, 0.15) is 55.5 Å².